The van der Waals surface area contributed by atoms with Gasteiger partial charge in [-0.1, -0.05) is 12.1 Å². The summed E-state index contributed by atoms with van der Waals surface area (Å²) in [6, 6.07) is 12.5. The second-order valence-corrected chi connectivity index (χ2v) is 5.74. The molecule has 0 saturated heterocycles. The van der Waals surface area contributed by atoms with Crippen LogP contribution in [0.3, 0.4) is 0 Å². The van der Waals surface area contributed by atoms with Gasteiger partial charge < -0.3 is 10.1 Å². The molecule has 0 fully saturated rings. The van der Waals surface area contributed by atoms with Gasteiger partial charge in [0.2, 0.25) is 0 Å². The van der Waals surface area contributed by atoms with Crippen LogP contribution < -0.4 is 10.1 Å². The zero-order valence-electron chi connectivity index (χ0n) is 12.2. The molecule has 0 aromatic heterocycles. The van der Waals surface area contributed by atoms with Gasteiger partial charge in [0, 0.05) is 17.0 Å². The van der Waals surface area contributed by atoms with E-state index in [0.29, 0.717) is 17.9 Å². The summed E-state index contributed by atoms with van der Waals surface area (Å²) in [5.74, 6) is 0.335. The van der Waals surface area contributed by atoms with Crippen molar-refractivity contribution in [3.63, 3.8) is 0 Å². The lowest BCUT2D eigenvalue weighted by atomic mass is 10.2. The molecule has 1 amide bonds. The molecule has 2 aromatic rings. The number of carbonyl (C=O) groups is 1. The van der Waals surface area contributed by atoms with Crippen LogP contribution in [-0.2, 0) is 6.54 Å². The van der Waals surface area contributed by atoms with Gasteiger partial charge in [-0.3, -0.25) is 4.79 Å². The molecular formula is C16H14F3NO2S. The summed E-state index contributed by atoms with van der Waals surface area (Å²) in [6.07, 6.45) is 0. The van der Waals surface area contributed by atoms with Crippen molar-refractivity contribution in [3.8, 4) is 5.75 Å². The molecule has 0 heterocycles. The van der Waals surface area contributed by atoms with Crippen molar-refractivity contribution in [2.45, 2.75) is 16.9 Å². The summed E-state index contributed by atoms with van der Waals surface area (Å²) in [7, 11) is 1.55. The first-order valence-electron chi connectivity index (χ1n) is 6.64. The van der Waals surface area contributed by atoms with Crippen LogP contribution in [0.4, 0.5) is 13.2 Å². The quantitative estimate of drug-likeness (QED) is 0.827. The molecule has 0 aliphatic rings. The molecular weight excluding hydrogens is 327 g/mol. The normalized spacial score (nSPS) is 11.1. The Kier molecular flexibility index (Phi) is 5.54. The van der Waals surface area contributed by atoms with Crippen LogP contribution in [0.25, 0.3) is 0 Å². The first-order chi connectivity index (χ1) is 10.9. The second-order valence-electron chi connectivity index (χ2n) is 4.61. The lowest BCUT2D eigenvalue weighted by Crippen LogP contribution is -2.22. The SMILES string of the molecule is COc1cccc(CNC(=O)c2ccc(SC(F)(F)F)cc2)c1. The Morgan fingerprint density at radius 2 is 1.87 bits per heavy atom. The van der Waals surface area contributed by atoms with E-state index >= 15 is 0 Å². The van der Waals surface area contributed by atoms with Gasteiger partial charge in [-0.05, 0) is 53.7 Å². The van der Waals surface area contributed by atoms with E-state index in [1.165, 1.54) is 24.3 Å². The minimum Gasteiger partial charge on any atom is -0.497 e. The van der Waals surface area contributed by atoms with E-state index in [0.717, 1.165) is 5.56 Å². The molecule has 23 heavy (non-hydrogen) atoms. The summed E-state index contributed by atoms with van der Waals surface area (Å²) in [4.78, 5) is 12.0. The summed E-state index contributed by atoms with van der Waals surface area (Å²) < 4.78 is 41.8. The van der Waals surface area contributed by atoms with Gasteiger partial charge in [0.1, 0.15) is 5.75 Å². The lowest BCUT2D eigenvalue weighted by Gasteiger charge is -2.08. The Bertz CT molecular complexity index is 672. The Balaban J connectivity index is 1.95. The number of hydrogen-bond donors (Lipinski definition) is 1. The van der Waals surface area contributed by atoms with E-state index in [1.54, 1.807) is 19.2 Å². The van der Waals surface area contributed by atoms with Gasteiger partial charge >= 0.3 is 5.51 Å². The molecule has 7 heteroatoms. The summed E-state index contributed by atoms with van der Waals surface area (Å²) in [6.45, 7) is 0.301. The number of thioether (sulfide) groups is 1. The fourth-order valence-corrected chi connectivity index (χ4v) is 2.41. The highest BCUT2D eigenvalue weighted by molar-refractivity contribution is 8.00. The zero-order valence-corrected chi connectivity index (χ0v) is 13.0. The van der Waals surface area contributed by atoms with Crippen molar-refractivity contribution < 1.29 is 22.7 Å². The van der Waals surface area contributed by atoms with Crippen LogP contribution in [0.2, 0.25) is 0 Å². The number of hydrogen-bond acceptors (Lipinski definition) is 3. The minimum absolute atomic E-state index is 0.0434. The van der Waals surface area contributed by atoms with Crippen molar-refractivity contribution in [1.29, 1.82) is 0 Å². The Hall–Kier alpha value is -2.15. The fraction of sp³-hybridized carbons (Fsp3) is 0.188. The predicted octanol–water partition coefficient (Wildman–Crippen LogP) is 4.24. The number of carbonyl (C=O) groups excluding carboxylic acids is 1. The molecule has 2 rings (SSSR count). The predicted molar refractivity (Wildman–Crippen MR) is 82.5 cm³/mol. The van der Waals surface area contributed by atoms with Crippen molar-refractivity contribution >= 4 is 17.7 Å². The van der Waals surface area contributed by atoms with Crippen molar-refractivity contribution in [2.75, 3.05) is 7.11 Å². The third-order valence-corrected chi connectivity index (χ3v) is 3.68. The first-order valence-corrected chi connectivity index (χ1v) is 7.46. The number of benzene rings is 2. The lowest BCUT2D eigenvalue weighted by molar-refractivity contribution is -0.0328. The number of rotatable bonds is 5. The number of nitrogens with one attached hydrogen (secondary N) is 1. The number of alkyl halides is 3. The molecule has 0 aliphatic carbocycles. The van der Waals surface area contributed by atoms with Gasteiger partial charge in [0.15, 0.2) is 0 Å². The number of halogens is 3. The molecule has 0 saturated carbocycles. The molecule has 122 valence electrons. The zero-order chi connectivity index (χ0) is 16.9. The van der Waals surface area contributed by atoms with E-state index < -0.39 is 5.51 Å². The second kappa shape index (κ2) is 7.41. The fourth-order valence-electron chi connectivity index (χ4n) is 1.87. The first kappa shape index (κ1) is 17.2. The highest BCUT2D eigenvalue weighted by Gasteiger charge is 2.29. The number of amides is 1. The third kappa shape index (κ3) is 5.52. The molecule has 1 N–H and O–H groups in total. The van der Waals surface area contributed by atoms with E-state index in [9.17, 15) is 18.0 Å². The summed E-state index contributed by atoms with van der Waals surface area (Å²) >= 11 is -0.210. The third-order valence-electron chi connectivity index (χ3n) is 2.94. The summed E-state index contributed by atoms with van der Waals surface area (Å²) in [5, 5.41) is 2.71. The van der Waals surface area contributed by atoms with Crippen molar-refractivity contribution in [3.05, 3.63) is 59.7 Å². The van der Waals surface area contributed by atoms with Gasteiger partial charge in [0.05, 0.1) is 7.11 Å². The average molecular weight is 341 g/mol. The Morgan fingerprint density at radius 1 is 1.17 bits per heavy atom. The van der Waals surface area contributed by atoms with Gasteiger partial charge in [0.25, 0.3) is 5.91 Å². The average Bonchev–Trinajstić information content (AvgIpc) is 2.52. The van der Waals surface area contributed by atoms with Crippen LogP contribution in [0.15, 0.2) is 53.4 Å². The monoisotopic (exact) mass is 341 g/mol. The topological polar surface area (TPSA) is 38.3 Å². The van der Waals surface area contributed by atoms with Crippen LogP contribution in [-0.4, -0.2) is 18.5 Å². The molecule has 0 radical (unpaired) electrons. The highest BCUT2D eigenvalue weighted by Crippen LogP contribution is 2.36. The molecule has 2 aromatic carbocycles. The van der Waals surface area contributed by atoms with Gasteiger partial charge in [-0.2, -0.15) is 13.2 Å². The minimum atomic E-state index is -4.34. The van der Waals surface area contributed by atoms with Crippen molar-refractivity contribution in [2.24, 2.45) is 0 Å². The number of ether oxygens (including phenoxy) is 1. The molecule has 0 unspecified atom stereocenters. The molecule has 0 aliphatic heterocycles. The standard InChI is InChI=1S/C16H14F3NO2S/c1-22-13-4-2-3-11(9-13)10-20-15(21)12-5-7-14(8-6-12)23-16(17,18)19/h2-9H,10H2,1H3,(H,20,21). The smallest absolute Gasteiger partial charge is 0.446 e. The number of methoxy groups -OCH3 is 1. The largest absolute Gasteiger partial charge is 0.497 e. The maximum atomic E-state index is 12.2. The van der Waals surface area contributed by atoms with E-state index in [-0.39, 0.29) is 22.6 Å². The molecule has 3 nitrogen and oxygen atoms in total. The maximum Gasteiger partial charge on any atom is 0.446 e. The van der Waals surface area contributed by atoms with Crippen LogP contribution >= 0.6 is 11.8 Å². The van der Waals surface area contributed by atoms with E-state index in [4.69, 9.17) is 4.74 Å². The van der Waals surface area contributed by atoms with Crippen LogP contribution in [0.5, 0.6) is 5.75 Å². The Labute approximate surface area is 135 Å². The summed E-state index contributed by atoms with van der Waals surface area (Å²) in [5.41, 5.74) is -3.17. The van der Waals surface area contributed by atoms with Gasteiger partial charge in [-0.15, -0.1) is 0 Å². The highest BCUT2D eigenvalue weighted by atomic mass is 32.2. The molecule has 0 bridgehead atoms. The van der Waals surface area contributed by atoms with E-state index in [2.05, 4.69) is 5.32 Å². The maximum absolute atomic E-state index is 12.2. The van der Waals surface area contributed by atoms with Crippen LogP contribution in [0.1, 0.15) is 15.9 Å². The van der Waals surface area contributed by atoms with E-state index in [1.807, 2.05) is 12.1 Å². The van der Waals surface area contributed by atoms with Crippen molar-refractivity contribution in [1.82, 2.24) is 5.32 Å². The Morgan fingerprint density at radius 3 is 2.48 bits per heavy atom. The molecule has 0 spiro atoms. The van der Waals surface area contributed by atoms with Crippen LogP contribution in [0, 0.1) is 0 Å². The van der Waals surface area contributed by atoms with Gasteiger partial charge in [-0.25, -0.2) is 0 Å². The molecule has 0 atom stereocenters.